The highest BCUT2D eigenvalue weighted by Gasteiger charge is 2.27. The number of carbonyl (C=O) groups is 1. The first-order chi connectivity index (χ1) is 13.7. The van der Waals surface area contributed by atoms with Gasteiger partial charge in [-0.3, -0.25) is 4.79 Å². The van der Waals surface area contributed by atoms with Crippen molar-refractivity contribution in [3.63, 3.8) is 0 Å². The van der Waals surface area contributed by atoms with E-state index in [0.29, 0.717) is 15.7 Å². The quantitative estimate of drug-likeness (QED) is 0.530. The molecule has 0 fully saturated rings. The Morgan fingerprint density at radius 1 is 1.21 bits per heavy atom. The van der Waals surface area contributed by atoms with Crippen LogP contribution in [0.4, 0.5) is 0 Å². The van der Waals surface area contributed by atoms with Gasteiger partial charge in [-0.2, -0.15) is 5.26 Å². The zero-order chi connectivity index (χ0) is 21.2. The normalized spacial score (nSPS) is 12.5. The van der Waals surface area contributed by atoms with E-state index in [2.05, 4.69) is 4.98 Å². The van der Waals surface area contributed by atoms with Gasteiger partial charge in [0.1, 0.15) is 5.01 Å². The van der Waals surface area contributed by atoms with Gasteiger partial charge < -0.3 is 0 Å². The van der Waals surface area contributed by atoms with Crippen LogP contribution in [0.15, 0.2) is 58.8 Å². The topological polar surface area (TPSA) is 91.1 Å². The predicted molar refractivity (Wildman–Crippen MR) is 113 cm³/mol. The lowest BCUT2D eigenvalue weighted by Gasteiger charge is -2.12. The van der Waals surface area contributed by atoms with Crippen LogP contribution in [-0.2, 0) is 10.0 Å². The number of halogens is 1. The highest BCUT2D eigenvalue weighted by molar-refractivity contribution is 7.89. The SMILES string of the molecule is CN(C)S(=O)(=O)c1cccc(C(=O)C(C#N)c2nc(-c3ccc(Cl)cc3)cs2)c1. The molecule has 3 aromatic rings. The monoisotopic (exact) mass is 445 g/mol. The number of carbonyl (C=O) groups excluding carboxylic acids is 1. The van der Waals surface area contributed by atoms with E-state index in [4.69, 9.17) is 11.6 Å². The van der Waals surface area contributed by atoms with Crippen molar-refractivity contribution in [3.05, 3.63) is 69.5 Å². The van der Waals surface area contributed by atoms with Crippen LogP contribution in [0.1, 0.15) is 21.3 Å². The molecule has 29 heavy (non-hydrogen) atoms. The summed E-state index contributed by atoms with van der Waals surface area (Å²) < 4.78 is 25.7. The molecule has 0 aliphatic heterocycles. The van der Waals surface area contributed by atoms with E-state index in [-0.39, 0.29) is 10.5 Å². The first kappa shape index (κ1) is 21.1. The fourth-order valence-electron chi connectivity index (χ4n) is 2.59. The van der Waals surface area contributed by atoms with Gasteiger partial charge in [-0.25, -0.2) is 17.7 Å². The predicted octanol–water partition coefficient (Wildman–Crippen LogP) is 4.20. The second kappa shape index (κ2) is 8.43. The molecular formula is C20H16ClN3O3S2. The first-order valence-electron chi connectivity index (χ1n) is 8.42. The fraction of sp³-hybridized carbons (Fsp3) is 0.150. The second-order valence-electron chi connectivity index (χ2n) is 6.32. The van der Waals surface area contributed by atoms with E-state index in [9.17, 15) is 18.5 Å². The molecule has 0 N–H and O–H groups in total. The number of hydrogen-bond acceptors (Lipinski definition) is 6. The molecule has 0 saturated heterocycles. The molecule has 0 amide bonds. The average Bonchev–Trinajstić information content (AvgIpc) is 3.18. The molecule has 0 spiro atoms. The Hall–Kier alpha value is -2.57. The maximum atomic E-state index is 12.9. The molecule has 0 bridgehead atoms. The van der Waals surface area contributed by atoms with Gasteiger partial charge in [0.2, 0.25) is 10.0 Å². The Morgan fingerprint density at radius 2 is 1.90 bits per heavy atom. The summed E-state index contributed by atoms with van der Waals surface area (Å²) in [5.41, 5.74) is 1.60. The Labute approximate surface area is 178 Å². The Morgan fingerprint density at radius 3 is 2.52 bits per heavy atom. The molecule has 1 heterocycles. The van der Waals surface area contributed by atoms with Gasteiger partial charge in [-0.05, 0) is 24.3 Å². The van der Waals surface area contributed by atoms with Crippen molar-refractivity contribution in [2.75, 3.05) is 14.1 Å². The Balaban J connectivity index is 1.93. The standard InChI is InChI=1S/C20H16ClN3O3S2/c1-24(2)29(26,27)16-5-3-4-14(10-16)19(25)17(11-22)20-23-18(12-28-20)13-6-8-15(21)9-7-13/h3-10,12,17H,1-2H3. The van der Waals surface area contributed by atoms with Gasteiger partial charge in [-0.15, -0.1) is 11.3 Å². The van der Waals surface area contributed by atoms with E-state index in [1.807, 2.05) is 6.07 Å². The minimum atomic E-state index is -3.69. The second-order valence-corrected chi connectivity index (χ2v) is 9.80. The number of aromatic nitrogens is 1. The van der Waals surface area contributed by atoms with Gasteiger partial charge in [0.25, 0.3) is 0 Å². The number of nitrogens with zero attached hydrogens (tertiary/aromatic N) is 3. The van der Waals surface area contributed by atoms with Crippen LogP contribution in [0.3, 0.4) is 0 Å². The number of benzene rings is 2. The van der Waals surface area contributed by atoms with Crippen LogP contribution in [0.25, 0.3) is 11.3 Å². The van der Waals surface area contributed by atoms with Gasteiger partial charge >= 0.3 is 0 Å². The minimum absolute atomic E-state index is 0.00830. The van der Waals surface area contributed by atoms with E-state index in [1.165, 1.54) is 49.7 Å². The molecule has 6 nitrogen and oxygen atoms in total. The largest absolute Gasteiger partial charge is 0.292 e. The molecular weight excluding hydrogens is 430 g/mol. The molecule has 0 aliphatic rings. The van der Waals surface area contributed by atoms with Crippen molar-refractivity contribution in [1.29, 1.82) is 5.26 Å². The van der Waals surface area contributed by atoms with Crippen LogP contribution in [0.2, 0.25) is 5.02 Å². The number of nitriles is 1. The fourth-order valence-corrected chi connectivity index (χ4v) is 4.53. The molecule has 0 aliphatic carbocycles. The third-order valence-electron chi connectivity index (χ3n) is 4.20. The van der Waals surface area contributed by atoms with Crippen molar-refractivity contribution < 1.29 is 13.2 Å². The lowest BCUT2D eigenvalue weighted by Crippen LogP contribution is -2.22. The smallest absolute Gasteiger partial charge is 0.242 e. The number of thiazole rings is 1. The van der Waals surface area contributed by atoms with Crippen LogP contribution in [0.5, 0.6) is 0 Å². The first-order valence-corrected chi connectivity index (χ1v) is 11.1. The third kappa shape index (κ3) is 4.38. The van der Waals surface area contributed by atoms with Crippen molar-refractivity contribution in [2.45, 2.75) is 10.8 Å². The Bertz CT molecular complexity index is 1200. The molecule has 2 aromatic carbocycles. The molecule has 1 atom stereocenters. The summed E-state index contributed by atoms with van der Waals surface area (Å²) in [4.78, 5) is 17.4. The summed E-state index contributed by atoms with van der Waals surface area (Å²) in [6.07, 6.45) is 0. The lowest BCUT2D eigenvalue weighted by molar-refractivity contribution is 0.0978. The number of rotatable bonds is 6. The summed E-state index contributed by atoms with van der Waals surface area (Å²) >= 11 is 7.10. The number of ketones is 1. The summed E-state index contributed by atoms with van der Waals surface area (Å²) in [6, 6.07) is 14.8. The van der Waals surface area contributed by atoms with Crippen LogP contribution in [-0.4, -0.2) is 37.6 Å². The molecule has 0 saturated carbocycles. The summed E-state index contributed by atoms with van der Waals surface area (Å²) in [5, 5.41) is 12.3. The third-order valence-corrected chi connectivity index (χ3v) is 7.17. The van der Waals surface area contributed by atoms with Gasteiger partial charge in [0.15, 0.2) is 11.7 Å². The lowest BCUT2D eigenvalue weighted by atomic mass is 9.99. The summed E-state index contributed by atoms with van der Waals surface area (Å²) in [5.74, 6) is -1.63. The van der Waals surface area contributed by atoms with Crippen molar-refractivity contribution in [1.82, 2.24) is 9.29 Å². The van der Waals surface area contributed by atoms with Crippen molar-refractivity contribution in [3.8, 4) is 17.3 Å². The van der Waals surface area contributed by atoms with E-state index >= 15 is 0 Å². The van der Waals surface area contributed by atoms with Gasteiger partial charge in [-0.1, -0.05) is 35.9 Å². The van der Waals surface area contributed by atoms with E-state index < -0.39 is 21.7 Å². The summed E-state index contributed by atoms with van der Waals surface area (Å²) in [7, 11) is -0.866. The average molecular weight is 446 g/mol. The highest BCUT2D eigenvalue weighted by atomic mass is 35.5. The summed E-state index contributed by atoms with van der Waals surface area (Å²) in [6.45, 7) is 0. The van der Waals surface area contributed by atoms with Crippen molar-refractivity contribution >= 4 is 38.7 Å². The molecule has 0 radical (unpaired) electrons. The zero-order valence-corrected chi connectivity index (χ0v) is 17.9. The molecule has 148 valence electrons. The molecule has 1 unspecified atom stereocenters. The maximum Gasteiger partial charge on any atom is 0.242 e. The van der Waals surface area contributed by atoms with Crippen LogP contribution in [0, 0.1) is 11.3 Å². The highest BCUT2D eigenvalue weighted by Crippen LogP contribution is 2.29. The van der Waals surface area contributed by atoms with Crippen LogP contribution < -0.4 is 0 Å². The zero-order valence-electron chi connectivity index (χ0n) is 15.5. The number of sulfonamides is 1. The maximum absolute atomic E-state index is 12.9. The van der Waals surface area contributed by atoms with Crippen LogP contribution >= 0.6 is 22.9 Å². The van der Waals surface area contributed by atoms with Gasteiger partial charge in [0.05, 0.1) is 16.7 Å². The number of hydrogen-bond donors (Lipinski definition) is 0. The van der Waals surface area contributed by atoms with Gasteiger partial charge in [0, 0.05) is 35.6 Å². The van der Waals surface area contributed by atoms with Crippen molar-refractivity contribution in [2.24, 2.45) is 0 Å². The minimum Gasteiger partial charge on any atom is -0.292 e. The Kier molecular flexibility index (Phi) is 6.15. The van der Waals surface area contributed by atoms with E-state index in [1.54, 1.807) is 29.6 Å². The number of Topliss-reactive ketones (excluding diaryl/α,β-unsaturated/α-hetero) is 1. The molecule has 9 heteroatoms. The molecule has 3 rings (SSSR count). The molecule has 1 aromatic heterocycles. The van der Waals surface area contributed by atoms with E-state index in [0.717, 1.165) is 9.87 Å².